The normalized spacial score (nSPS) is 12.0. The monoisotopic (exact) mass is 379 g/mol. The molecule has 2 rings (SSSR count). The number of halogens is 2. The van der Waals surface area contributed by atoms with Crippen molar-refractivity contribution in [3.63, 3.8) is 0 Å². The highest BCUT2D eigenvalue weighted by Crippen LogP contribution is 2.17. The molecule has 0 heterocycles. The van der Waals surface area contributed by atoms with Crippen molar-refractivity contribution < 1.29 is 22.0 Å². The molecule has 0 fully saturated rings. The van der Waals surface area contributed by atoms with Crippen LogP contribution in [0.4, 0.5) is 8.78 Å². The number of hydrogen-bond donors (Lipinski definition) is 0. The molecule has 0 unspecified atom stereocenters. The van der Waals surface area contributed by atoms with Crippen LogP contribution in [-0.2, 0) is 10.0 Å². The van der Waals surface area contributed by atoms with Gasteiger partial charge < -0.3 is 0 Å². The molecule has 0 N–H and O–H groups in total. The Hall–Kier alpha value is -2.38. The van der Waals surface area contributed by atoms with E-state index < -0.39 is 21.7 Å². The summed E-state index contributed by atoms with van der Waals surface area (Å²) in [4.78, 5) is 12.3. The highest BCUT2D eigenvalue weighted by atomic mass is 32.2. The average molecular weight is 379 g/mol. The summed E-state index contributed by atoms with van der Waals surface area (Å²) < 4.78 is 52.2. The molecule has 0 spiro atoms. The standard InChI is InChI=1S/C19H19F2NO3S/c1-3-22(4-2)26(24,25)16-9-7-15(8-10-16)19(23)12-6-14-5-11-17(20)18(21)13-14/h5-13H,3-4H2,1-2H3/b12-6+. The molecule has 138 valence electrons. The van der Waals surface area contributed by atoms with Gasteiger partial charge in [0.2, 0.25) is 10.0 Å². The van der Waals surface area contributed by atoms with Crippen LogP contribution in [0.5, 0.6) is 0 Å². The third-order valence-electron chi connectivity index (χ3n) is 3.85. The summed E-state index contributed by atoms with van der Waals surface area (Å²) in [6.07, 6.45) is 2.59. The second-order valence-electron chi connectivity index (χ2n) is 5.48. The first-order valence-corrected chi connectivity index (χ1v) is 9.51. The van der Waals surface area contributed by atoms with E-state index in [0.29, 0.717) is 24.2 Å². The first kappa shape index (κ1) is 19.9. The Bertz CT molecular complexity index is 918. The van der Waals surface area contributed by atoms with Gasteiger partial charge in [-0.2, -0.15) is 4.31 Å². The van der Waals surface area contributed by atoms with Gasteiger partial charge in [-0.3, -0.25) is 4.79 Å². The van der Waals surface area contributed by atoms with Gasteiger partial charge in [-0.15, -0.1) is 0 Å². The fourth-order valence-electron chi connectivity index (χ4n) is 2.39. The highest BCUT2D eigenvalue weighted by molar-refractivity contribution is 7.89. The Morgan fingerprint density at radius 2 is 1.62 bits per heavy atom. The second-order valence-corrected chi connectivity index (χ2v) is 7.42. The molecule has 0 aromatic heterocycles. The molecule has 2 aromatic rings. The zero-order valence-corrected chi connectivity index (χ0v) is 15.3. The van der Waals surface area contributed by atoms with E-state index >= 15 is 0 Å². The highest BCUT2D eigenvalue weighted by Gasteiger charge is 2.21. The minimum atomic E-state index is -3.58. The molecule has 0 aliphatic heterocycles. The Balaban J connectivity index is 2.18. The van der Waals surface area contributed by atoms with E-state index in [2.05, 4.69) is 0 Å². The Kier molecular flexibility index (Phi) is 6.39. The first-order valence-electron chi connectivity index (χ1n) is 8.07. The van der Waals surface area contributed by atoms with Gasteiger partial charge in [-0.1, -0.05) is 26.0 Å². The molecule has 0 aliphatic carbocycles. The van der Waals surface area contributed by atoms with Gasteiger partial charge in [0.05, 0.1) is 4.90 Å². The van der Waals surface area contributed by atoms with E-state index in [1.807, 2.05) is 0 Å². The first-order chi connectivity index (χ1) is 12.3. The molecular weight excluding hydrogens is 360 g/mol. The summed E-state index contributed by atoms with van der Waals surface area (Å²) in [6, 6.07) is 8.92. The lowest BCUT2D eigenvalue weighted by Gasteiger charge is -2.18. The van der Waals surface area contributed by atoms with Crippen molar-refractivity contribution in [3.8, 4) is 0 Å². The van der Waals surface area contributed by atoms with E-state index in [9.17, 15) is 22.0 Å². The van der Waals surface area contributed by atoms with Crippen molar-refractivity contribution in [2.75, 3.05) is 13.1 Å². The zero-order chi connectivity index (χ0) is 19.3. The van der Waals surface area contributed by atoms with Gasteiger partial charge in [-0.25, -0.2) is 17.2 Å². The summed E-state index contributed by atoms with van der Waals surface area (Å²) >= 11 is 0. The third-order valence-corrected chi connectivity index (χ3v) is 5.92. The molecule has 0 saturated carbocycles. The van der Waals surface area contributed by atoms with Crippen molar-refractivity contribution in [3.05, 3.63) is 71.3 Å². The van der Waals surface area contributed by atoms with Gasteiger partial charge in [0, 0.05) is 18.7 Å². The number of sulfonamides is 1. The summed E-state index contributed by atoms with van der Waals surface area (Å²) in [5.74, 6) is -2.33. The third kappa shape index (κ3) is 4.42. The number of ketones is 1. The van der Waals surface area contributed by atoms with Crippen LogP contribution in [0.25, 0.3) is 6.08 Å². The van der Waals surface area contributed by atoms with Crippen LogP contribution >= 0.6 is 0 Å². The van der Waals surface area contributed by atoms with Crippen LogP contribution in [0.3, 0.4) is 0 Å². The molecule has 0 saturated heterocycles. The summed E-state index contributed by atoms with van der Waals surface area (Å²) in [5.41, 5.74) is 0.639. The van der Waals surface area contributed by atoms with Crippen molar-refractivity contribution in [2.45, 2.75) is 18.7 Å². The van der Waals surface area contributed by atoms with Crippen molar-refractivity contribution in [1.29, 1.82) is 0 Å². The average Bonchev–Trinajstić information content (AvgIpc) is 2.63. The number of allylic oxidation sites excluding steroid dienone is 1. The lowest BCUT2D eigenvalue weighted by Crippen LogP contribution is -2.30. The Morgan fingerprint density at radius 1 is 1.00 bits per heavy atom. The van der Waals surface area contributed by atoms with Crippen molar-refractivity contribution >= 4 is 21.9 Å². The van der Waals surface area contributed by atoms with Gasteiger partial charge in [-0.05, 0) is 48.0 Å². The summed E-state index contributed by atoms with van der Waals surface area (Å²) in [7, 11) is -3.58. The number of benzene rings is 2. The lowest BCUT2D eigenvalue weighted by atomic mass is 10.1. The predicted molar refractivity (Wildman–Crippen MR) is 96.3 cm³/mol. The molecule has 2 aromatic carbocycles. The fourth-order valence-corrected chi connectivity index (χ4v) is 3.85. The van der Waals surface area contributed by atoms with Crippen molar-refractivity contribution in [1.82, 2.24) is 4.31 Å². The molecule has 0 radical (unpaired) electrons. The van der Waals surface area contributed by atoms with Gasteiger partial charge in [0.15, 0.2) is 17.4 Å². The minimum absolute atomic E-state index is 0.113. The minimum Gasteiger partial charge on any atom is -0.289 e. The van der Waals surface area contributed by atoms with Crippen LogP contribution in [0, 0.1) is 11.6 Å². The maximum atomic E-state index is 13.2. The lowest BCUT2D eigenvalue weighted by molar-refractivity contribution is 0.104. The maximum Gasteiger partial charge on any atom is 0.243 e. The number of nitrogens with zero attached hydrogens (tertiary/aromatic N) is 1. The Labute approximate surface area is 151 Å². The number of rotatable bonds is 7. The SMILES string of the molecule is CCN(CC)S(=O)(=O)c1ccc(C(=O)/C=C/c2ccc(F)c(F)c2)cc1. The van der Waals surface area contributed by atoms with Gasteiger partial charge in [0.25, 0.3) is 0 Å². The van der Waals surface area contributed by atoms with Gasteiger partial charge >= 0.3 is 0 Å². The van der Waals surface area contributed by atoms with Crippen molar-refractivity contribution in [2.24, 2.45) is 0 Å². The molecule has 0 aliphatic rings. The quantitative estimate of drug-likeness (QED) is 0.542. The molecule has 0 bridgehead atoms. The topological polar surface area (TPSA) is 54.5 Å². The van der Waals surface area contributed by atoms with Crippen LogP contribution < -0.4 is 0 Å². The summed E-state index contributed by atoms with van der Waals surface area (Å²) in [5, 5.41) is 0. The van der Waals surface area contributed by atoms with E-state index in [1.54, 1.807) is 13.8 Å². The largest absolute Gasteiger partial charge is 0.289 e. The molecular formula is C19H19F2NO3S. The molecule has 0 atom stereocenters. The zero-order valence-electron chi connectivity index (χ0n) is 14.4. The van der Waals surface area contributed by atoms with E-state index in [1.165, 1.54) is 46.8 Å². The number of hydrogen-bond acceptors (Lipinski definition) is 3. The maximum absolute atomic E-state index is 13.2. The Morgan fingerprint density at radius 3 is 2.15 bits per heavy atom. The second kappa shape index (κ2) is 8.33. The summed E-state index contributed by atoms with van der Waals surface area (Å²) in [6.45, 7) is 4.22. The molecule has 26 heavy (non-hydrogen) atoms. The predicted octanol–water partition coefficient (Wildman–Crippen LogP) is 3.89. The van der Waals surface area contributed by atoms with Crippen LogP contribution in [0.1, 0.15) is 29.8 Å². The molecule has 4 nitrogen and oxygen atoms in total. The number of carbonyl (C=O) groups is 1. The van der Waals surface area contributed by atoms with Crippen LogP contribution in [0.15, 0.2) is 53.4 Å². The van der Waals surface area contributed by atoms with Crippen LogP contribution in [0.2, 0.25) is 0 Å². The number of carbonyl (C=O) groups excluding carboxylic acids is 1. The molecule has 0 amide bonds. The van der Waals surface area contributed by atoms with Crippen LogP contribution in [-0.4, -0.2) is 31.6 Å². The van der Waals surface area contributed by atoms with Gasteiger partial charge in [0.1, 0.15) is 0 Å². The molecule has 7 heteroatoms. The smallest absolute Gasteiger partial charge is 0.243 e. The van der Waals surface area contributed by atoms with E-state index in [4.69, 9.17) is 0 Å². The van der Waals surface area contributed by atoms with E-state index in [0.717, 1.165) is 12.1 Å². The fraction of sp³-hybridized carbons (Fsp3) is 0.211. The van der Waals surface area contributed by atoms with E-state index in [-0.39, 0.29) is 10.7 Å².